The van der Waals surface area contributed by atoms with E-state index in [0.717, 1.165) is 0 Å². The summed E-state index contributed by atoms with van der Waals surface area (Å²) < 4.78 is 14.1. The maximum absolute atomic E-state index is 13.8. The first-order chi connectivity index (χ1) is 8.43. The van der Waals surface area contributed by atoms with Gasteiger partial charge in [0.15, 0.2) is 17.3 Å². The van der Waals surface area contributed by atoms with Crippen molar-refractivity contribution >= 4 is 17.6 Å². The van der Waals surface area contributed by atoms with Gasteiger partial charge in [0.25, 0.3) is 0 Å². The van der Waals surface area contributed by atoms with Crippen LogP contribution in [-0.4, -0.2) is 26.0 Å². The van der Waals surface area contributed by atoms with E-state index in [1.807, 2.05) is 0 Å². The average molecular weight is 271 g/mol. The molecule has 0 bridgehead atoms. The van der Waals surface area contributed by atoms with E-state index in [0.29, 0.717) is 4.73 Å². The first-order valence-electron chi connectivity index (χ1n) is 4.89. The highest BCUT2D eigenvalue weighted by Gasteiger charge is 2.23. The van der Waals surface area contributed by atoms with Crippen LogP contribution in [0.25, 0.3) is 11.4 Å². The van der Waals surface area contributed by atoms with Gasteiger partial charge in [-0.1, -0.05) is 17.7 Å². The van der Waals surface area contributed by atoms with Crippen LogP contribution in [-0.2, 0) is 0 Å². The van der Waals surface area contributed by atoms with Crippen LogP contribution in [0.2, 0.25) is 5.02 Å². The second-order valence-corrected chi connectivity index (χ2v) is 3.99. The van der Waals surface area contributed by atoms with Crippen LogP contribution in [0.1, 0.15) is 16.2 Å². The molecule has 0 aliphatic heterocycles. The van der Waals surface area contributed by atoms with E-state index in [2.05, 4.69) is 4.98 Å². The third-order valence-electron chi connectivity index (χ3n) is 2.42. The minimum Gasteiger partial charge on any atom is -0.476 e. The number of carboxylic acids is 1. The highest BCUT2D eigenvalue weighted by atomic mass is 35.5. The van der Waals surface area contributed by atoms with Gasteiger partial charge < -0.3 is 10.3 Å². The molecule has 0 radical (unpaired) electrons. The topological polar surface area (TPSA) is 75.3 Å². The molecule has 0 saturated carbocycles. The highest BCUT2D eigenvalue weighted by molar-refractivity contribution is 6.31. The summed E-state index contributed by atoms with van der Waals surface area (Å²) in [7, 11) is 0. The van der Waals surface area contributed by atoms with Gasteiger partial charge in [-0.15, -0.1) is 0 Å². The average Bonchev–Trinajstić information content (AvgIpc) is 2.58. The Balaban J connectivity index is 2.69. The van der Waals surface area contributed by atoms with Gasteiger partial charge in [0, 0.05) is 0 Å². The van der Waals surface area contributed by atoms with Crippen molar-refractivity contribution in [3.63, 3.8) is 0 Å². The van der Waals surface area contributed by atoms with Gasteiger partial charge in [-0.3, -0.25) is 0 Å². The number of aromatic carboxylic acids is 1. The molecular weight excluding hydrogens is 263 g/mol. The molecule has 1 heterocycles. The van der Waals surface area contributed by atoms with Gasteiger partial charge in [-0.05, 0) is 19.1 Å². The number of aryl methyl sites for hydroxylation is 1. The van der Waals surface area contributed by atoms with Crippen molar-refractivity contribution < 1.29 is 19.5 Å². The molecule has 94 valence electrons. The third-order valence-corrected chi connectivity index (χ3v) is 2.72. The molecule has 0 amide bonds. The largest absolute Gasteiger partial charge is 0.476 e. The number of hydrogen-bond donors (Lipinski definition) is 2. The summed E-state index contributed by atoms with van der Waals surface area (Å²) >= 11 is 5.62. The van der Waals surface area contributed by atoms with Gasteiger partial charge in [0.05, 0.1) is 16.3 Å². The Bertz CT molecular complexity index is 639. The minimum atomic E-state index is -1.35. The summed E-state index contributed by atoms with van der Waals surface area (Å²) in [4.78, 5) is 14.7. The van der Waals surface area contributed by atoms with Crippen LogP contribution in [0.5, 0.6) is 0 Å². The molecule has 0 aliphatic carbocycles. The predicted octanol–water partition coefficient (Wildman–Crippen LogP) is 2.59. The van der Waals surface area contributed by atoms with E-state index in [1.165, 1.54) is 25.1 Å². The van der Waals surface area contributed by atoms with Gasteiger partial charge in [-0.2, -0.15) is 4.73 Å². The lowest BCUT2D eigenvalue weighted by Crippen LogP contribution is -2.08. The number of halogens is 2. The van der Waals surface area contributed by atoms with Crippen molar-refractivity contribution in [2.75, 3.05) is 0 Å². The van der Waals surface area contributed by atoms with Crippen molar-refractivity contribution in [2.45, 2.75) is 6.92 Å². The second-order valence-electron chi connectivity index (χ2n) is 3.59. The third kappa shape index (κ3) is 1.80. The zero-order valence-electron chi connectivity index (χ0n) is 9.19. The Morgan fingerprint density at radius 2 is 2.17 bits per heavy atom. The highest BCUT2D eigenvalue weighted by Crippen LogP contribution is 2.27. The summed E-state index contributed by atoms with van der Waals surface area (Å²) in [5, 5.41) is 18.5. The number of nitrogens with zero attached hydrogens (tertiary/aromatic N) is 2. The van der Waals surface area contributed by atoms with Crippen molar-refractivity contribution in [1.29, 1.82) is 0 Å². The minimum absolute atomic E-state index is 0.0689. The number of benzene rings is 1. The van der Waals surface area contributed by atoms with Crippen molar-refractivity contribution in [3.8, 4) is 11.4 Å². The van der Waals surface area contributed by atoms with E-state index in [9.17, 15) is 14.4 Å². The maximum Gasteiger partial charge on any atom is 0.357 e. The quantitative estimate of drug-likeness (QED) is 0.823. The molecule has 18 heavy (non-hydrogen) atoms. The van der Waals surface area contributed by atoms with Crippen LogP contribution in [0.3, 0.4) is 0 Å². The van der Waals surface area contributed by atoms with Gasteiger partial charge >= 0.3 is 5.97 Å². The Morgan fingerprint density at radius 1 is 1.50 bits per heavy atom. The van der Waals surface area contributed by atoms with E-state index in [1.54, 1.807) is 0 Å². The van der Waals surface area contributed by atoms with Crippen LogP contribution in [0, 0.1) is 12.7 Å². The fourth-order valence-corrected chi connectivity index (χ4v) is 1.79. The van der Waals surface area contributed by atoms with Gasteiger partial charge in [0.2, 0.25) is 0 Å². The monoisotopic (exact) mass is 270 g/mol. The Labute approximate surface area is 106 Å². The molecular formula is C11H8ClFN2O3. The molecule has 1 aromatic heterocycles. The number of carbonyl (C=O) groups is 1. The lowest BCUT2D eigenvalue weighted by Gasteiger charge is -2.04. The second kappa shape index (κ2) is 4.30. The zero-order chi connectivity index (χ0) is 13.4. The molecule has 0 spiro atoms. The van der Waals surface area contributed by atoms with Crippen LogP contribution in [0.15, 0.2) is 18.2 Å². The van der Waals surface area contributed by atoms with Gasteiger partial charge in [-0.25, -0.2) is 14.2 Å². The maximum atomic E-state index is 13.8. The predicted molar refractivity (Wildman–Crippen MR) is 61.5 cm³/mol. The smallest absolute Gasteiger partial charge is 0.357 e. The SMILES string of the molecule is Cc1nc(-c2cccc(Cl)c2F)n(O)c1C(=O)O. The van der Waals surface area contributed by atoms with E-state index in [-0.39, 0.29) is 22.1 Å². The summed E-state index contributed by atoms with van der Waals surface area (Å²) in [5.74, 6) is -2.32. The number of aromatic nitrogens is 2. The normalized spacial score (nSPS) is 10.6. The molecule has 0 saturated heterocycles. The van der Waals surface area contributed by atoms with Crippen LogP contribution >= 0.6 is 11.6 Å². The zero-order valence-corrected chi connectivity index (χ0v) is 9.94. The Morgan fingerprint density at radius 3 is 2.72 bits per heavy atom. The lowest BCUT2D eigenvalue weighted by atomic mass is 10.2. The molecule has 1 aromatic carbocycles. The van der Waals surface area contributed by atoms with Crippen LogP contribution < -0.4 is 0 Å². The molecule has 0 aliphatic rings. The number of hydrogen-bond acceptors (Lipinski definition) is 3. The molecule has 0 unspecified atom stereocenters. The van der Waals surface area contributed by atoms with E-state index in [4.69, 9.17) is 16.7 Å². The first kappa shape index (κ1) is 12.4. The van der Waals surface area contributed by atoms with Crippen LogP contribution in [0.4, 0.5) is 4.39 Å². The summed E-state index contributed by atoms with van der Waals surface area (Å²) in [5.41, 5.74) is -0.399. The molecule has 7 heteroatoms. The van der Waals surface area contributed by atoms with E-state index < -0.39 is 17.5 Å². The molecule has 5 nitrogen and oxygen atoms in total. The number of rotatable bonds is 2. The first-order valence-corrected chi connectivity index (χ1v) is 5.27. The van der Waals surface area contributed by atoms with Crippen molar-refractivity contribution in [1.82, 2.24) is 9.71 Å². The fourth-order valence-electron chi connectivity index (χ4n) is 1.61. The molecule has 2 N–H and O–H groups in total. The Hall–Kier alpha value is -2.08. The fraction of sp³-hybridized carbons (Fsp3) is 0.0909. The summed E-state index contributed by atoms with van der Waals surface area (Å²) in [6.07, 6.45) is 0. The van der Waals surface area contributed by atoms with Crippen molar-refractivity contribution in [3.05, 3.63) is 40.4 Å². The number of carboxylic acid groups (broad SMARTS) is 1. The van der Waals surface area contributed by atoms with Crippen molar-refractivity contribution in [2.24, 2.45) is 0 Å². The van der Waals surface area contributed by atoms with E-state index >= 15 is 0 Å². The molecule has 0 atom stereocenters. The Kier molecular flexibility index (Phi) is 2.96. The summed E-state index contributed by atoms with van der Waals surface area (Å²) in [6, 6.07) is 4.17. The molecule has 2 aromatic rings. The molecule has 2 rings (SSSR count). The molecule has 0 fully saturated rings. The standard InChI is InChI=1S/C11H8ClFN2O3/c1-5-9(11(16)17)15(18)10(14-5)6-3-2-4-7(12)8(6)13/h2-4,18H,1H3,(H,16,17). The van der Waals surface area contributed by atoms with Gasteiger partial charge in [0.1, 0.15) is 0 Å². The lowest BCUT2D eigenvalue weighted by molar-refractivity contribution is 0.0645. The summed E-state index contributed by atoms with van der Waals surface area (Å²) in [6.45, 7) is 1.40. The number of imidazole rings is 1.